The molecule has 0 saturated heterocycles. The minimum atomic E-state index is 0.0520. The largest absolute Gasteiger partial charge is 0.309 e. The molecule has 0 amide bonds. The second-order valence-electron chi connectivity index (χ2n) is 2.46. The maximum Gasteiger partial charge on any atom is 0.248 e. The standard InChI is InChI=1S/C10H11N/c1-3-10(11-2)9-7-5-4-6-8-9/h4-8,10H,3H2,1H3. The fourth-order valence-electron chi connectivity index (χ4n) is 1.08. The second-order valence-corrected chi connectivity index (χ2v) is 2.46. The van der Waals surface area contributed by atoms with Crippen LogP contribution in [-0.4, -0.2) is 0 Å². The van der Waals surface area contributed by atoms with E-state index in [4.69, 9.17) is 6.57 Å². The molecule has 0 aliphatic rings. The van der Waals surface area contributed by atoms with Gasteiger partial charge in [-0.05, 0) is 0 Å². The topological polar surface area (TPSA) is 4.36 Å². The summed E-state index contributed by atoms with van der Waals surface area (Å²) >= 11 is 0. The van der Waals surface area contributed by atoms with Crippen molar-refractivity contribution in [2.75, 3.05) is 0 Å². The van der Waals surface area contributed by atoms with Gasteiger partial charge in [-0.3, -0.25) is 0 Å². The zero-order chi connectivity index (χ0) is 8.10. The first kappa shape index (κ1) is 7.81. The molecule has 1 atom stereocenters. The molecule has 1 nitrogen and oxygen atoms in total. The normalized spacial score (nSPS) is 12.0. The SMILES string of the molecule is [C-]#[N+]C(CC)c1ccccc1. The van der Waals surface area contributed by atoms with E-state index in [1.165, 1.54) is 0 Å². The van der Waals surface area contributed by atoms with Crippen LogP contribution in [0.1, 0.15) is 24.9 Å². The first-order valence-corrected chi connectivity index (χ1v) is 3.80. The molecule has 0 aliphatic heterocycles. The van der Waals surface area contributed by atoms with E-state index in [1.807, 2.05) is 37.3 Å². The summed E-state index contributed by atoms with van der Waals surface area (Å²) in [6, 6.07) is 9.99. The fraction of sp³-hybridized carbons (Fsp3) is 0.300. The molecule has 0 bridgehead atoms. The van der Waals surface area contributed by atoms with Gasteiger partial charge in [0, 0.05) is 12.0 Å². The number of benzene rings is 1. The van der Waals surface area contributed by atoms with Gasteiger partial charge in [-0.25, -0.2) is 6.57 Å². The smallest absolute Gasteiger partial charge is 0.248 e. The minimum absolute atomic E-state index is 0.0520. The summed E-state index contributed by atoms with van der Waals surface area (Å²) in [4.78, 5) is 3.53. The van der Waals surface area contributed by atoms with Crippen molar-refractivity contribution in [3.8, 4) is 0 Å². The van der Waals surface area contributed by atoms with Crippen molar-refractivity contribution in [3.05, 3.63) is 47.3 Å². The van der Waals surface area contributed by atoms with Gasteiger partial charge in [-0.15, -0.1) is 0 Å². The highest BCUT2D eigenvalue weighted by Crippen LogP contribution is 2.19. The molecule has 56 valence electrons. The first-order chi connectivity index (χ1) is 5.38. The predicted molar refractivity (Wildman–Crippen MR) is 46.1 cm³/mol. The van der Waals surface area contributed by atoms with Crippen LogP contribution in [0.3, 0.4) is 0 Å². The number of hydrogen-bond donors (Lipinski definition) is 0. The van der Waals surface area contributed by atoms with Gasteiger partial charge in [0.15, 0.2) is 0 Å². The van der Waals surface area contributed by atoms with Gasteiger partial charge in [0.1, 0.15) is 0 Å². The molecule has 1 rings (SSSR count). The van der Waals surface area contributed by atoms with E-state index in [1.54, 1.807) is 0 Å². The third kappa shape index (κ3) is 1.81. The van der Waals surface area contributed by atoms with E-state index in [2.05, 4.69) is 4.85 Å². The van der Waals surface area contributed by atoms with E-state index < -0.39 is 0 Å². The number of hydrogen-bond acceptors (Lipinski definition) is 0. The van der Waals surface area contributed by atoms with Crippen LogP contribution in [0.2, 0.25) is 0 Å². The molecule has 1 unspecified atom stereocenters. The Morgan fingerprint density at radius 1 is 1.36 bits per heavy atom. The summed E-state index contributed by atoms with van der Waals surface area (Å²) in [5, 5.41) is 0. The Labute approximate surface area is 67.5 Å². The zero-order valence-corrected chi connectivity index (χ0v) is 6.62. The van der Waals surface area contributed by atoms with E-state index in [9.17, 15) is 0 Å². The summed E-state index contributed by atoms with van der Waals surface area (Å²) in [6.07, 6.45) is 0.896. The minimum Gasteiger partial charge on any atom is -0.309 e. The lowest BCUT2D eigenvalue weighted by atomic mass is 10.1. The molecule has 11 heavy (non-hydrogen) atoms. The van der Waals surface area contributed by atoms with Gasteiger partial charge in [-0.2, -0.15) is 0 Å². The highest BCUT2D eigenvalue weighted by molar-refractivity contribution is 5.20. The van der Waals surface area contributed by atoms with Crippen molar-refractivity contribution >= 4 is 0 Å². The molecular weight excluding hydrogens is 134 g/mol. The van der Waals surface area contributed by atoms with Crippen LogP contribution in [0.4, 0.5) is 0 Å². The molecule has 0 spiro atoms. The lowest BCUT2D eigenvalue weighted by Gasteiger charge is -2.00. The van der Waals surface area contributed by atoms with Gasteiger partial charge < -0.3 is 4.85 Å². The van der Waals surface area contributed by atoms with Crippen LogP contribution in [0.5, 0.6) is 0 Å². The van der Waals surface area contributed by atoms with Gasteiger partial charge in [0.25, 0.3) is 0 Å². The van der Waals surface area contributed by atoms with Crippen molar-refractivity contribution in [3.63, 3.8) is 0 Å². The lowest BCUT2D eigenvalue weighted by Crippen LogP contribution is -1.88. The average Bonchev–Trinajstić information content (AvgIpc) is 2.09. The molecule has 0 aromatic heterocycles. The molecule has 0 radical (unpaired) electrons. The zero-order valence-electron chi connectivity index (χ0n) is 6.62. The summed E-state index contributed by atoms with van der Waals surface area (Å²) in [6.45, 7) is 8.96. The Morgan fingerprint density at radius 3 is 2.45 bits per heavy atom. The summed E-state index contributed by atoms with van der Waals surface area (Å²) in [5.41, 5.74) is 1.13. The van der Waals surface area contributed by atoms with E-state index in [0.29, 0.717) is 0 Å². The Hall–Kier alpha value is -1.29. The highest BCUT2D eigenvalue weighted by atomic mass is 14.7. The van der Waals surface area contributed by atoms with Crippen LogP contribution < -0.4 is 0 Å². The molecule has 1 aromatic rings. The third-order valence-corrected chi connectivity index (χ3v) is 1.73. The van der Waals surface area contributed by atoms with Crippen LogP contribution in [0, 0.1) is 6.57 Å². The van der Waals surface area contributed by atoms with Crippen molar-refractivity contribution < 1.29 is 0 Å². The van der Waals surface area contributed by atoms with Crippen LogP contribution in [0.25, 0.3) is 4.85 Å². The Bertz CT molecular complexity index is 245. The average molecular weight is 145 g/mol. The Balaban J connectivity index is 2.85. The van der Waals surface area contributed by atoms with Gasteiger partial charge in [-0.1, -0.05) is 37.3 Å². The molecule has 0 aliphatic carbocycles. The number of rotatable bonds is 2. The molecule has 0 fully saturated rings. The van der Waals surface area contributed by atoms with Gasteiger partial charge >= 0.3 is 0 Å². The molecule has 1 aromatic carbocycles. The summed E-state index contributed by atoms with van der Waals surface area (Å²) < 4.78 is 0. The van der Waals surface area contributed by atoms with Gasteiger partial charge in [0.05, 0.1) is 0 Å². The first-order valence-electron chi connectivity index (χ1n) is 3.80. The second kappa shape index (κ2) is 3.78. The van der Waals surface area contributed by atoms with Gasteiger partial charge in [0.2, 0.25) is 6.04 Å². The predicted octanol–water partition coefficient (Wildman–Crippen LogP) is 3.06. The Kier molecular flexibility index (Phi) is 2.68. The van der Waals surface area contributed by atoms with Crippen LogP contribution in [-0.2, 0) is 0 Å². The number of nitrogens with zero attached hydrogens (tertiary/aromatic N) is 1. The summed E-state index contributed by atoms with van der Waals surface area (Å²) in [5.74, 6) is 0. The van der Waals surface area contributed by atoms with Crippen molar-refractivity contribution in [2.45, 2.75) is 19.4 Å². The Morgan fingerprint density at radius 2 is 2.00 bits per heavy atom. The van der Waals surface area contributed by atoms with Crippen LogP contribution >= 0.6 is 0 Å². The molecule has 0 heterocycles. The van der Waals surface area contributed by atoms with Crippen molar-refractivity contribution in [1.29, 1.82) is 0 Å². The highest BCUT2D eigenvalue weighted by Gasteiger charge is 2.10. The van der Waals surface area contributed by atoms with Crippen LogP contribution in [0.15, 0.2) is 30.3 Å². The van der Waals surface area contributed by atoms with Crippen molar-refractivity contribution in [1.82, 2.24) is 0 Å². The maximum atomic E-state index is 6.92. The lowest BCUT2D eigenvalue weighted by molar-refractivity contribution is 0.800. The van der Waals surface area contributed by atoms with E-state index in [-0.39, 0.29) is 6.04 Å². The molecule has 0 saturated carbocycles. The summed E-state index contributed by atoms with van der Waals surface area (Å²) in [7, 11) is 0. The molecule has 1 heteroatoms. The van der Waals surface area contributed by atoms with E-state index >= 15 is 0 Å². The maximum absolute atomic E-state index is 6.92. The van der Waals surface area contributed by atoms with E-state index in [0.717, 1.165) is 12.0 Å². The third-order valence-electron chi connectivity index (χ3n) is 1.73. The van der Waals surface area contributed by atoms with Crippen molar-refractivity contribution in [2.24, 2.45) is 0 Å². The fourth-order valence-corrected chi connectivity index (χ4v) is 1.08. The molecular formula is C10H11N. The molecule has 0 N–H and O–H groups in total. The quantitative estimate of drug-likeness (QED) is 0.563. The monoisotopic (exact) mass is 145 g/mol.